The molecule has 18 heavy (non-hydrogen) atoms. The number of carbonyl (C=O) groups is 2. The number of amides is 1. The van der Waals surface area contributed by atoms with Gasteiger partial charge in [0.1, 0.15) is 0 Å². The zero-order valence-corrected chi connectivity index (χ0v) is 10.7. The van der Waals surface area contributed by atoms with Gasteiger partial charge in [0.25, 0.3) is 0 Å². The van der Waals surface area contributed by atoms with Gasteiger partial charge in [-0.15, -0.1) is 0 Å². The molecule has 5 nitrogen and oxygen atoms in total. The molecule has 0 bridgehead atoms. The molecule has 2 aliphatic rings. The molecule has 2 fully saturated rings. The van der Waals surface area contributed by atoms with Crippen molar-refractivity contribution in [1.82, 2.24) is 10.2 Å². The summed E-state index contributed by atoms with van der Waals surface area (Å²) in [6, 6.07) is 0.949. The highest BCUT2D eigenvalue weighted by molar-refractivity contribution is 5.77. The second-order valence-electron chi connectivity index (χ2n) is 5.37. The van der Waals surface area contributed by atoms with Gasteiger partial charge in [0.05, 0.1) is 0 Å². The summed E-state index contributed by atoms with van der Waals surface area (Å²) >= 11 is 0. The fourth-order valence-electron chi connectivity index (χ4n) is 3.06. The normalized spacial score (nSPS) is 27.8. The summed E-state index contributed by atoms with van der Waals surface area (Å²) in [5, 5.41) is 11.6. The number of aliphatic carboxylic acids is 1. The third-order valence-electron chi connectivity index (χ3n) is 3.98. The van der Waals surface area contributed by atoms with Crippen molar-refractivity contribution in [2.75, 3.05) is 13.1 Å². The summed E-state index contributed by atoms with van der Waals surface area (Å²) in [6.07, 6.45) is 5.47. The first-order chi connectivity index (χ1) is 8.65. The number of carboxylic acid groups (broad SMARTS) is 1. The summed E-state index contributed by atoms with van der Waals surface area (Å²) in [4.78, 5) is 24.5. The van der Waals surface area contributed by atoms with E-state index in [0.717, 1.165) is 19.4 Å². The Morgan fingerprint density at radius 1 is 1.22 bits per heavy atom. The zero-order valence-electron chi connectivity index (χ0n) is 10.7. The Bertz CT molecular complexity index is 319. The number of nitrogens with one attached hydrogen (secondary N) is 1. The van der Waals surface area contributed by atoms with Gasteiger partial charge in [0.15, 0.2) is 0 Å². The lowest BCUT2D eigenvalue weighted by Crippen LogP contribution is -2.47. The van der Waals surface area contributed by atoms with Crippen LogP contribution in [0.5, 0.6) is 0 Å². The maximum atomic E-state index is 11.7. The smallest absolute Gasteiger partial charge is 0.303 e. The van der Waals surface area contributed by atoms with Gasteiger partial charge < -0.3 is 15.3 Å². The molecule has 2 atom stereocenters. The predicted molar refractivity (Wildman–Crippen MR) is 67.2 cm³/mol. The van der Waals surface area contributed by atoms with Crippen LogP contribution in [0, 0.1) is 0 Å². The second kappa shape index (κ2) is 6.18. The maximum Gasteiger partial charge on any atom is 0.303 e. The SMILES string of the molecule is O=C(O)CCCC(=O)NC1CCN2CCCC2C1. The van der Waals surface area contributed by atoms with E-state index < -0.39 is 5.97 Å². The van der Waals surface area contributed by atoms with Crippen LogP contribution < -0.4 is 5.32 Å². The van der Waals surface area contributed by atoms with Crippen LogP contribution in [0.2, 0.25) is 0 Å². The number of rotatable bonds is 5. The highest BCUT2D eigenvalue weighted by Crippen LogP contribution is 2.26. The Hall–Kier alpha value is -1.10. The maximum absolute atomic E-state index is 11.7. The first kappa shape index (κ1) is 13.3. The number of carbonyl (C=O) groups excluding carboxylic acids is 1. The molecule has 2 aliphatic heterocycles. The van der Waals surface area contributed by atoms with Crippen LogP contribution in [-0.4, -0.2) is 47.1 Å². The van der Waals surface area contributed by atoms with E-state index in [-0.39, 0.29) is 12.3 Å². The van der Waals surface area contributed by atoms with Crippen molar-refractivity contribution in [3.63, 3.8) is 0 Å². The Morgan fingerprint density at radius 3 is 2.83 bits per heavy atom. The van der Waals surface area contributed by atoms with Crippen LogP contribution in [0.4, 0.5) is 0 Å². The van der Waals surface area contributed by atoms with Gasteiger partial charge >= 0.3 is 5.97 Å². The molecule has 0 aromatic carbocycles. The molecule has 0 saturated carbocycles. The van der Waals surface area contributed by atoms with E-state index in [1.165, 1.54) is 19.4 Å². The highest BCUT2D eigenvalue weighted by atomic mass is 16.4. The summed E-state index contributed by atoms with van der Waals surface area (Å²) in [7, 11) is 0. The van der Waals surface area contributed by atoms with Crippen molar-refractivity contribution in [3.05, 3.63) is 0 Å². The molecule has 2 heterocycles. The number of hydrogen-bond acceptors (Lipinski definition) is 3. The number of carboxylic acids is 1. The Balaban J connectivity index is 1.66. The van der Waals surface area contributed by atoms with E-state index >= 15 is 0 Å². The summed E-state index contributed by atoms with van der Waals surface area (Å²) in [6.45, 7) is 2.30. The lowest BCUT2D eigenvalue weighted by Gasteiger charge is -2.35. The molecule has 2 unspecified atom stereocenters. The molecule has 2 saturated heterocycles. The van der Waals surface area contributed by atoms with E-state index in [1.807, 2.05) is 0 Å². The largest absolute Gasteiger partial charge is 0.481 e. The third-order valence-corrected chi connectivity index (χ3v) is 3.98. The molecular weight excluding hydrogens is 232 g/mol. The number of piperidine rings is 1. The van der Waals surface area contributed by atoms with Crippen molar-refractivity contribution < 1.29 is 14.7 Å². The second-order valence-corrected chi connectivity index (χ2v) is 5.37. The van der Waals surface area contributed by atoms with E-state index in [2.05, 4.69) is 10.2 Å². The molecule has 0 radical (unpaired) electrons. The van der Waals surface area contributed by atoms with Crippen LogP contribution in [0.25, 0.3) is 0 Å². The van der Waals surface area contributed by atoms with Crippen LogP contribution >= 0.6 is 0 Å². The number of nitrogens with zero attached hydrogens (tertiary/aromatic N) is 1. The average molecular weight is 254 g/mol. The lowest BCUT2D eigenvalue weighted by molar-refractivity contribution is -0.137. The van der Waals surface area contributed by atoms with E-state index in [4.69, 9.17) is 5.11 Å². The quantitative estimate of drug-likeness (QED) is 0.767. The lowest BCUT2D eigenvalue weighted by atomic mass is 9.97. The minimum absolute atomic E-state index is 0.00713. The van der Waals surface area contributed by atoms with Gasteiger partial charge in [0, 0.05) is 31.5 Å². The number of fused-ring (bicyclic) bond motifs is 1. The molecule has 102 valence electrons. The fraction of sp³-hybridized carbons (Fsp3) is 0.846. The Morgan fingerprint density at radius 2 is 2.06 bits per heavy atom. The van der Waals surface area contributed by atoms with Crippen molar-refractivity contribution in [1.29, 1.82) is 0 Å². The van der Waals surface area contributed by atoms with E-state index in [0.29, 0.717) is 24.9 Å². The molecule has 0 aromatic heterocycles. The molecule has 5 heteroatoms. The fourth-order valence-corrected chi connectivity index (χ4v) is 3.06. The Kier molecular flexibility index (Phi) is 4.58. The van der Waals surface area contributed by atoms with Crippen LogP contribution in [0.15, 0.2) is 0 Å². The first-order valence-corrected chi connectivity index (χ1v) is 6.90. The zero-order chi connectivity index (χ0) is 13.0. The van der Waals surface area contributed by atoms with Gasteiger partial charge in [-0.05, 0) is 38.6 Å². The summed E-state index contributed by atoms with van der Waals surface area (Å²) in [5.74, 6) is -0.824. The predicted octanol–water partition coefficient (Wildman–Crippen LogP) is 0.984. The van der Waals surface area contributed by atoms with Gasteiger partial charge in [-0.2, -0.15) is 0 Å². The summed E-state index contributed by atoms with van der Waals surface area (Å²) < 4.78 is 0. The molecular formula is C13H22N2O3. The van der Waals surface area contributed by atoms with Gasteiger partial charge in [-0.3, -0.25) is 9.59 Å². The van der Waals surface area contributed by atoms with Gasteiger partial charge in [-0.25, -0.2) is 0 Å². The molecule has 2 rings (SSSR count). The highest BCUT2D eigenvalue weighted by Gasteiger charge is 2.31. The third kappa shape index (κ3) is 3.70. The van der Waals surface area contributed by atoms with Crippen molar-refractivity contribution in [3.8, 4) is 0 Å². The van der Waals surface area contributed by atoms with Crippen LogP contribution in [0.1, 0.15) is 44.9 Å². The summed E-state index contributed by atoms with van der Waals surface area (Å²) in [5.41, 5.74) is 0. The van der Waals surface area contributed by atoms with Gasteiger partial charge in [0.2, 0.25) is 5.91 Å². The van der Waals surface area contributed by atoms with E-state index in [1.54, 1.807) is 0 Å². The first-order valence-electron chi connectivity index (χ1n) is 6.90. The standard InChI is InChI=1S/C13H22N2O3/c16-12(4-1-5-13(17)18)14-10-6-8-15-7-2-3-11(15)9-10/h10-11H,1-9H2,(H,14,16)(H,17,18). The number of hydrogen-bond donors (Lipinski definition) is 2. The Labute approximate surface area is 108 Å². The monoisotopic (exact) mass is 254 g/mol. The minimum atomic E-state index is -0.831. The van der Waals surface area contributed by atoms with Crippen molar-refractivity contribution in [2.45, 2.75) is 57.0 Å². The van der Waals surface area contributed by atoms with Gasteiger partial charge in [-0.1, -0.05) is 0 Å². The average Bonchev–Trinajstić information content (AvgIpc) is 2.75. The molecule has 2 N–H and O–H groups in total. The van der Waals surface area contributed by atoms with Crippen molar-refractivity contribution >= 4 is 11.9 Å². The molecule has 0 aromatic rings. The molecule has 0 aliphatic carbocycles. The molecule has 1 amide bonds. The van der Waals surface area contributed by atoms with E-state index in [9.17, 15) is 9.59 Å². The topological polar surface area (TPSA) is 69.6 Å². The van der Waals surface area contributed by atoms with Crippen LogP contribution in [0.3, 0.4) is 0 Å². The minimum Gasteiger partial charge on any atom is -0.481 e. The van der Waals surface area contributed by atoms with Crippen molar-refractivity contribution in [2.24, 2.45) is 0 Å². The van der Waals surface area contributed by atoms with Crippen LogP contribution in [-0.2, 0) is 9.59 Å². The molecule has 0 spiro atoms.